The van der Waals surface area contributed by atoms with E-state index in [1.807, 2.05) is 53.4 Å². The van der Waals surface area contributed by atoms with Crippen LogP contribution < -0.4 is 15.2 Å². The fourth-order valence-electron chi connectivity index (χ4n) is 3.75. The molecule has 32 heavy (non-hydrogen) atoms. The van der Waals surface area contributed by atoms with E-state index in [-0.39, 0.29) is 24.4 Å². The van der Waals surface area contributed by atoms with E-state index < -0.39 is 0 Å². The summed E-state index contributed by atoms with van der Waals surface area (Å²) in [6.07, 6.45) is 0.236. The number of aryl methyl sites for hydroxylation is 1. The minimum atomic E-state index is -0.220. The van der Waals surface area contributed by atoms with Gasteiger partial charge in [-0.25, -0.2) is 4.68 Å². The van der Waals surface area contributed by atoms with E-state index in [9.17, 15) is 9.59 Å². The van der Waals surface area contributed by atoms with E-state index >= 15 is 0 Å². The first kappa shape index (κ1) is 21.9. The SMILES string of the molecule is COc1ccc(-c2ccc(=O)n(CCC(=O)N3CCN(c4ccc(Cl)cc4)CC3)n2)cc1. The van der Waals surface area contributed by atoms with Crippen LogP contribution in [0.2, 0.25) is 5.02 Å². The van der Waals surface area contributed by atoms with Crippen molar-refractivity contribution in [2.75, 3.05) is 38.2 Å². The molecule has 1 aliphatic heterocycles. The van der Waals surface area contributed by atoms with Gasteiger partial charge in [0.1, 0.15) is 5.75 Å². The Morgan fingerprint density at radius 1 is 0.969 bits per heavy atom. The summed E-state index contributed by atoms with van der Waals surface area (Å²) in [6, 6.07) is 18.4. The molecule has 1 aliphatic rings. The number of carbonyl (C=O) groups excluding carboxylic acids is 1. The Bertz CT molecular complexity index is 1120. The molecule has 1 amide bonds. The fraction of sp³-hybridized carbons (Fsp3) is 0.292. The fourth-order valence-corrected chi connectivity index (χ4v) is 3.88. The molecule has 0 saturated carbocycles. The van der Waals surface area contributed by atoms with Crippen LogP contribution in [-0.2, 0) is 11.3 Å². The van der Waals surface area contributed by atoms with Gasteiger partial charge >= 0.3 is 0 Å². The van der Waals surface area contributed by atoms with Gasteiger partial charge in [-0.15, -0.1) is 0 Å². The Hall–Kier alpha value is -3.32. The number of methoxy groups -OCH3 is 1. The van der Waals surface area contributed by atoms with Crippen LogP contribution >= 0.6 is 11.6 Å². The second-order valence-corrected chi connectivity index (χ2v) is 8.04. The molecule has 0 bridgehead atoms. The molecular formula is C24H25ClN4O3. The van der Waals surface area contributed by atoms with Crippen molar-refractivity contribution in [1.29, 1.82) is 0 Å². The molecule has 166 valence electrons. The molecule has 4 rings (SSSR count). The molecule has 1 fully saturated rings. The monoisotopic (exact) mass is 452 g/mol. The predicted molar refractivity (Wildman–Crippen MR) is 125 cm³/mol. The van der Waals surface area contributed by atoms with Gasteiger partial charge < -0.3 is 14.5 Å². The Balaban J connectivity index is 1.34. The number of amides is 1. The Morgan fingerprint density at radius 3 is 2.31 bits per heavy atom. The highest BCUT2D eigenvalue weighted by molar-refractivity contribution is 6.30. The number of ether oxygens (including phenoxy) is 1. The van der Waals surface area contributed by atoms with Gasteiger partial charge in [0.25, 0.3) is 5.56 Å². The van der Waals surface area contributed by atoms with Gasteiger partial charge in [-0.1, -0.05) is 11.6 Å². The highest BCUT2D eigenvalue weighted by Crippen LogP contribution is 2.21. The maximum atomic E-state index is 12.7. The number of aromatic nitrogens is 2. The number of rotatable bonds is 6. The molecule has 0 spiro atoms. The van der Waals surface area contributed by atoms with Crippen LogP contribution in [0.15, 0.2) is 65.5 Å². The van der Waals surface area contributed by atoms with Crippen LogP contribution in [0.4, 0.5) is 5.69 Å². The number of carbonyl (C=O) groups is 1. The van der Waals surface area contributed by atoms with Crippen molar-refractivity contribution in [2.45, 2.75) is 13.0 Å². The Morgan fingerprint density at radius 2 is 1.66 bits per heavy atom. The molecule has 1 saturated heterocycles. The zero-order chi connectivity index (χ0) is 22.5. The average Bonchev–Trinajstić information content (AvgIpc) is 2.84. The number of piperazine rings is 1. The van der Waals surface area contributed by atoms with Crippen molar-refractivity contribution in [2.24, 2.45) is 0 Å². The molecular weight excluding hydrogens is 428 g/mol. The molecule has 2 heterocycles. The van der Waals surface area contributed by atoms with E-state index in [1.165, 1.54) is 10.7 Å². The molecule has 0 radical (unpaired) electrons. The Kier molecular flexibility index (Phi) is 6.75. The van der Waals surface area contributed by atoms with Crippen molar-refractivity contribution in [3.63, 3.8) is 0 Å². The predicted octanol–water partition coefficient (Wildman–Crippen LogP) is 3.31. The molecule has 3 aromatic rings. The molecule has 0 N–H and O–H groups in total. The third-order valence-corrected chi connectivity index (χ3v) is 5.87. The zero-order valence-electron chi connectivity index (χ0n) is 17.9. The van der Waals surface area contributed by atoms with E-state index in [0.29, 0.717) is 23.8 Å². The highest BCUT2D eigenvalue weighted by Gasteiger charge is 2.21. The van der Waals surface area contributed by atoms with E-state index in [1.54, 1.807) is 13.2 Å². The van der Waals surface area contributed by atoms with Crippen LogP contribution in [0.1, 0.15) is 6.42 Å². The molecule has 2 aromatic carbocycles. The summed E-state index contributed by atoms with van der Waals surface area (Å²) in [5, 5.41) is 5.16. The lowest BCUT2D eigenvalue weighted by Crippen LogP contribution is -2.49. The van der Waals surface area contributed by atoms with Gasteiger partial charge in [0.15, 0.2) is 0 Å². The van der Waals surface area contributed by atoms with Crippen LogP contribution in [0.3, 0.4) is 0 Å². The first-order chi connectivity index (χ1) is 15.5. The van der Waals surface area contributed by atoms with Gasteiger partial charge in [0.05, 0.1) is 19.3 Å². The van der Waals surface area contributed by atoms with Crippen LogP contribution in [0.25, 0.3) is 11.3 Å². The van der Waals surface area contributed by atoms with Gasteiger partial charge in [-0.3, -0.25) is 9.59 Å². The maximum absolute atomic E-state index is 12.7. The molecule has 0 aliphatic carbocycles. The normalized spacial score (nSPS) is 13.8. The first-order valence-corrected chi connectivity index (χ1v) is 10.9. The highest BCUT2D eigenvalue weighted by atomic mass is 35.5. The molecule has 7 nitrogen and oxygen atoms in total. The van der Waals surface area contributed by atoms with Crippen molar-refractivity contribution in [3.05, 3.63) is 76.0 Å². The third kappa shape index (κ3) is 5.11. The van der Waals surface area contributed by atoms with Crippen molar-refractivity contribution in [3.8, 4) is 17.0 Å². The summed E-state index contributed by atoms with van der Waals surface area (Å²) in [7, 11) is 1.61. The van der Waals surface area contributed by atoms with Crippen LogP contribution in [0.5, 0.6) is 5.75 Å². The van der Waals surface area contributed by atoms with Crippen molar-refractivity contribution >= 4 is 23.2 Å². The van der Waals surface area contributed by atoms with Gasteiger partial charge in [0.2, 0.25) is 5.91 Å². The molecule has 8 heteroatoms. The second kappa shape index (κ2) is 9.87. The zero-order valence-corrected chi connectivity index (χ0v) is 18.7. The second-order valence-electron chi connectivity index (χ2n) is 7.60. The van der Waals surface area contributed by atoms with E-state index in [0.717, 1.165) is 30.1 Å². The first-order valence-electron chi connectivity index (χ1n) is 10.5. The number of benzene rings is 2. The summed E-state index contributed by atoms with van der Waals surface area (Å²) in [5.74, 6) is 0.785. The van der Waals surface area contributed by atoms with Crippen LogP contribution in [-0.4, -0.2) is 53.9 Å². The lowest BCUT2D eigenvalue weighted by Gasteiger charge is -2.36. The summed E-state index contributed by atoms with van der Waals surface area (Å²) >= 11 is 5.96. The number of halogens is 1. The number of hydrogen-bond acceptors (Lipinski definition) is 5. The quantitative estimate of drug-likeness (QED) is 0.574. The topological polar surface area (TPSA) is 67.7 Å². The minimum Gasteiger partial charge on any atom is -0.497 e. The van der Waals surface area contributed by atoms with Crippen molar-refractivity contribution in [1.82, 2.24) is 14.7 Å². The number of hydrogen-bond donors (Lipinski definition) is 0. The minimum absolute atomic E-state index is 0.0318. The lowest BCUT2D eigenvalue weighted by molar-refractivity contribution is -0.131. The van der Waals surface area contributed by atoms with Gasteiger partial charge in [-0.2, -0.15) is 5.10 Å². The largest absolute Gasteiger partial charge is 0.497 e. The third-order valence-electron chi connectivity index (χ3n) is 5.61. The van der Waals surface area contributed by atoms with E-state index in [2.05, 4.69) is 10.00 Å². The molecule has 0 unspecified atom stereocenters. The standard InChI is InChI=1S/C24H25ClN4O3/c1-32-21-8-2-18(3-9-21)22-10-11-24(31)29(26-22)13-12-23(30)28-16-14-27(15-17-28)20-6-4-19(25)5-7-20/h2-11H,12-17H2,1H3. The van der Waals surface area contributed by atoms with Gasteiger partial charge in [0, 0.05) is 54.9 Å². The average molecular weight is 453 g/mol. The summed E-state index contributed by atoms with van der Waals surface area (Å²) in [4.78, 5) is 29.1. The van der Waals surface area contributed by atoms with Gasteiger partial charge in [-0.05, 0) is 54.6 Å². The van der Waals surface area contributed by atoms with Crippen LogP contribution in [0, 0.1) is 0 Å². The van der Waals surface area contributed by atoms with Crippen molar-refractivity contribution < 1.29 is 9.53 Å². The summed E-state index contributed by atoms with van der Waals surface area (Å²) in [6.45, 7) is 3.07. The summed E-state index contributed by atoms with van der Waals surface area (Å²) < 4.78 is 6.54. The van der Waals surface area contributed by atoms with E-state index in [4.69, 9.17) is 16.3 Å². The Labute approximate surface area is 191 Å². The number of nitrogens with zero attached hydrogens (tertiary/aromatic N) is 4. The molecule has 0 atom stereocenters. The number of anilines is 1. The summed E-state index contributed by atoms with van der Waals surface area (Å²) in [5.41, 5.74) is 2.44. The maximum Gasteiger partial charge on any atom is 0.266 e. The lowest BCUT2D eigenvalue weighted by atomic mass is 10.1. The smallest absolute Gasteiger partial charge is 0.266 e. The molecule has 1 aromatic heterocycles.